The van der Waals surface area contributed by atoms with Crippen molar-refractivity contribution in [2.24, 2.45) is 5.92 Å². The normalized spacial score (nSPS) is 27.3. The molecule has 23 heavy (non-hydrogen) atoms. The molecule has 1 amide bonds. The van der Waals surface area contributed by atoms with Crippen molar-refractivity contribution in [3.8, 4) is 0 Å². The van der Waals surface area contributed by atoms with Crippen molar-refractivity contribution < 1.29 is 15.0 Å². The van der Waals surface area contributed by atoms with Crippen molar-refractivity contribution in [1.82, 2.24) is 9.80 Å². The molecule has 0 saturated carbocycles. The number of hydrogen-bond acceptors (Lipinski definition) is 5. The molecule has 6 heteroatoms. The summed E-state index contributed by atoms with van der Waals surface area (Å²) < 4.78 is 0. The molecule has 0 bridgehead atoms. The summed E-state index contributed by atoms with van der Waals surface area (Å²) in [7, 11) is 0. The molecule has 2 aliphatic heterocycles. The highest BCUT2D eigenvalue weighted by Gasteiger charge is 2.30. The van der Waals surface area contributed by atoms with E-state index < -0.39 is 0 Å². The molecule has 2 atom stereocenters. The van der Waals surface area contributed by atoms with E-state index in [1.54, 1.807) is 11.3 Å². The zero-order valence-corrected chi connectivity index (χ0v) is 14.2. The highest BCUT2D eigenvalue weighted by molar-refractivity contribution is 7.08. The van der Waals surface area contributed by atoms with Crippen molar-refractivity contribution in [3.05, 3.63) is 22.4 Å². The number of thiophene rings is 1. The summed E-state index contributed by atoms with van der Waals surface area (Å²) in [5.74, 6) is 0.727. The standard InChI is InChI=1S/C17H26N2O3S/c20-11-15-9-16(21)3-7-19(15)10-13-1-5-18(6-2-13)17(22)14-4-8-23-12-14/h4,8,12-13,15-16,20-21H,1-3,5-7,9-11H2. The van der Waals surface area contributed by atoms with Gasteiger partial charge in [-0.25, -0.2) is 0 Å². The number of carbonyl (C=O) groups is 1. The molecule has 2 fully saturated rings. The summed E-state index contributed by atoms with van der Waals surface area (Å²) in [6.07, 6.45) is 3.24. The van der Waals surface area contributed by atoms with Crippen molar-refractivity contribution in [2.45, 2.75) is 37.8 Å². The van der Waals surface area contributed by atoms with Gasteiger partial charge in [0.05, 0.1) is 18.3 Å². The zero-order chi connectivity index (χ0) is 16.2. The predicted octanol–water partition coefficient (Wildman–Crippen LogP) is 1.42. The molecule has 0 aromatic carbocycles. The average molecular weight is 338 g/mol. The van der Waals surface area contributed by atoms with E-state index in [1.807, 2.05) is 21.7 Å². The fourth-order valence-electron chi connectivity index (χ4n) is 3.73. The maximum absolute atomic E-state index is 12.4. The Hall–Kier alpha value is -0.950. The highest BCUT2D eigenvalue weighted by atomic mass is 32.1. The first-order valence-corrected chi connectivity index (χ1v) is 9.46. The minimum Gasteiger partial charge on any atom is -0.395 e. The number of rotatable bonds is 4. The number of likely N-dealkylation sites (tertiary alicyclic amines) is 2. The zero-order valence-electron chi connectivity index (χ0n) is 13.4. The Morgan fingerprint density at radius 1 is 1.26 bits per heavy atom. The van der Waals surface area contributed by atoms with Crippen molar-refractivity contribution in [2.75, 3.05) is 32.8 Å². The van der Waals surface area contributed by atoms with E-state index in [2.05, 4.69) is 4.90 Å². The molecule has 2 N–H and O–H groups in total. The molecule has 3 heterocycles. The Labute approximate surface area is 141 Å². The Bertz CT molecular complexity index is 500. The molecule has 3 rings (SSSR count). The first kappa shape index (κ1) is 16.9. The molecule has 2 aliphatic rings. The number of piperidine rings is 2. The molecule has 1 aromatic rings. The van der Waals surface area contributed by atoms with Gasteiger partial charge >= 0.3 is 0 Å². The van der Waals surface area contributed by atoms with Crippen LogP contribution in [0.4, 0.5) is 0 Å². The smallest absolute Gasteiger partial charge is 0.254 e. The summed E-state index contributed by atoms with van der Waals surface area (Å²) >= 11 is 1.56. The van der Waals surface area contributed by atoms with E-state index in [0.717, 1.165) is 51.0 Å². The number of amides is 1. The summed E-state index contributed by atoms with van der Waals surface area (Å²) in [5.41, 5.74) is 0.804. The molecule has 2 saturated heterocycles. The van der Waals surface area contributed by atoms with Gasteiger partial charge in [-0.2, -0.15) is 11.3 Å². The molecule has 128 valence electrons. The van der Waals surface area contributed by atoms with E-state index in [0.29, 0.717) is 12.3 Å². The molecule has 2 unspecified atom stereocenters. The van der Waals surface area contributed by atoms with Crippen LogP contribution in [0.1, 0.15) is 36.0 Å². The number of carbonyl (C=O) groups excluding carboxylic acids is 1. The average Bonchev–Trinajstić information content (AvgIpc) is 3.11. The highest BCUT2D eigenvalue weighted by Crippen LogP contribution is 2.24. The van der Waals surface area contributed by atoms with E-state index in [4.69, 9.17) is 0 Å². The van der Waals surface area contributed by atoms with Gasteiger partial charge in [0.1, 0.15) is 0 Å². The first-order chi connectivity index (χ1) is 11.2. The lowest BCUT2D eigenvalue weighted by atomic mass is 9.92. The van der Waals surface area contributed by atoms with E-state index in [-0.39, 0.29) is 24.7 Å². The number of hydrogen-bond donors (Lipinski definition) is 2. The summed E-state index contributed by atoms with van der Waals surface area (Å²) in [5, 5.41) is 23.1. The number of aliphatic hydroxyl groups is 2. The van der Waals surface area contributed by atoms with Gasteiger partial charge in [0, 0.05) is 37.6 Å². The van der Waals surface area contributed by atoms with Gasteiger partial charge in [0.25, 0.3) is 5.91 Å². The maximum atomic E-state index is 12.4. The lowest BCUT2D eigenvalue weighted by Gasteiger charge is -2.41. The Morgan fingerprint density at radius 2 is 2.04 bits per heavy atom. The Balaban J connectivity index is 1.48. The monoisotopic (exact) mass is 338 g/mol. The predicted molar refractivity (Wildman–Crippen MR) is 90.6 cm³/mol. The van der Waals surface area contributed by atoms with Gasteiger partial charge in [-0.05, 0) is 43.0 Å². The van der Waals surface area contributed by atoms with E-state index >= 15 is 0 Å². The van der Waals surface area contributed by atoms with Crippen LogP contribution in [0.25, 0.3) is 0 Å². The van der Waals surface area contributed by atoms with Crippen LogP contribution in [-0.2, 0) is 0 Å². The lowest BCUT2D eigenvalue weighted by molar-refractivity contribution is 0.00417. The molecule has 0 spiro atoms. The van der Waals surface area contributed by atoms with Crippen molar-refractivity contribution in [1.29, 1.82) is 0 Å². The second kappa shape index (κ2) is 7.75. The molecule has 1 aromatic heterocycles. The topological polar surface area (TPSA) is 64.0 Å². The Morgan fingerprint density at radius 3 is 2.70 bits per heavy atom. The second-order valence-electron chi connectivity index (χ2n) is 6.76. The van der Waals surface area contributed by atoms with Gasteiger partial charge in [-0.1, -0.05) is 0 Å². The molecular weight excluding hydrogens is 312 g/mol. The first-order valence-electron chi connectivity index (χ1n) is 8.52. The minimum absolute atomic E-state index is 0.0872. The maximum Gasteiger partial charge on any atom is 0.254 e. The van der Waals surface area contributed by atoms with Crippen LogP contribution in [0.2, 0.25) is 0 Å². The van der Waals surface area contributed by atoms with Crippen LogP contribution in [0, 0.1) is 5.92 Å². The SMILES string of the molecule is O=C(c1ccsc1)N1CCC(CN2CCC(O)CC2CO)CC1. The summed E-state index contributed by atoms with van der Waals surface area (Å²) in [6.45, 7) is 3.59. The van der Waals surface area contributed by atoms with E-state index in [9.17, 15) is 15.0 Å². The quantitative estimate of drug-likeness (QED) is 0.871. The van der Waals surface area contributed by atoms with Crippen LogP contribution in [0.5, 0.6) is 0 Å². The second-order valence-corrected chi connectivity index (χ2v) is 7.54. The van der Waals surface area contributed by atoms with Crippen LogP contribution >= 0.6 is 11.3 Å². The fraction of sp³-hybridized carbons (Fsp3) is 0.706. The minimum atomic E-state index is -0.270. The third kappa shape index (κ3) is 4.12. The lowest BCUT2D eigenvalue weighted by Crippen LogP contribution is -2.49. The summed E-state index contributed by atoms with van der Waals surface area (Å²) in [4.78, 5) is 16.6. The van der Waals surface area contributed by atoms with Gasteiger partial charge in [0.2, 0.25) is 0 Å². The van der Waals surface area contributed by atoms with Crippen LogP contribution in [0.3, 0.4) is 0 Å². The van der Waals surface area contributed by atoms with Crippen molar-refractivity contribution >= 4 is 17.2 Å². The van der Waals surface area contributed by atoms with Crippen LogP contribution < -0.4 is 0 Å². The fourth-order valence-corrected chi connectivity index (χ4v) is 4.36. The van der Waals surface area contributed by atoms with Gasteiger partial charge in [-0.15, -0.1) is 0 Å². The van der Waals surface area contributed by atoms with Crippen LogP contribution in [-0.4, -0.2) is 70.9 Å². The third-order valence-corrected chi connectivity index (χ3v) is 5.87. The Kier molecular flexibility index (Phi) is 5.69. The van der Waals surface area contributed by atoms with Gasteiger partial charge < -0.3 is 15.1 Å². The largest absolute Gasteiger partial charge is 0.395 e. The molecule has 0 radical (unpaired) electrons. The number of aliphatic hydroxyl groups excluding tert-OH is 2. The molecule has 5 nitrogen and oxygen atoms in total. The number of nitrogens with zero attached hydrogens (tertiary/aromatic N) is 2. The third-order valence-electron chi connectivity index (χ3n) is 5.18. The molecular formula is C17H26N2O3S. The van der Waals surface area contributed by atoms with Gasteiger partial charge in [0.15, 0.2) is 0 Å². The van der Waals surface area contributed by atoms with Crippen LogP contribution in [0.15, 0.2) is 16.8 Å². The van der Waals surface area contributed by atoms with Gasteiger partial charge in [-0.3, -0.25) is 9.69 Å². The summed E-state index contributed by atoms with van der Waals surface area (Å²) in [6, 6.07) is 1.98. The van der Waals surface area contributed by atoms with Crippen molar-refractivity contribution in [3.63, 3.8) is 0 Å². The van der Waals surface area contributed by atoms with E-state index in [1.165, 1.54) is 0 Å². The molecule has 0 aliphatic carbocycles.